The highest BCUT2D eigenvalue weighted by molar-refractivity contribution is 7.98. The van der Waals surface area contributed by atoms with Gasteiger partial charge in [0.25, 0.3) is 0 Å². The van der Waals surface area contributed by atoms with E-state index in [4.69, 9.17) is 0 Å². The summed E-state index contributed by atoms with van der Waals surface area (Å²) >= 11 is 1.43. The van der Waals surface area contributed by atoms with E-state index in [1.807, 2.05) is 42.1 Å². The largest absolute Gasteiger partial charge is 0.416 e. The fourth-order valence-electron chi connectivity index (χ4n) is 2.87. The Bertz CT molecular complexity index is 1080. The summed E-state index contributed by atoms with van der Waals surface area (Å²) in [7, 11) is 1.88. The Morgan fingerprint density at radius 1 is 1.04 bits per heavy atom. The maximum atomic E-state index is 12.6. The second-order valence-electron chi connectivity index (χ2n) is 6.10. The predicted molar refractivity (Wildman–Crippen MR) is 99.3 cm³/mol. The Labute approximate surface area is 157 Å². The van der Waals surface area contributed by atoms with Crippen LogP contribution in [-0.2, 0) is 19.0 Å². The van der Waals surface area contributed by atoms with E-state index in [1.165, 1.54) is 23.9 Å². The van der Waals surface area contributed by atoms with Gasteiger partial charge in [0, 0.05) is 35.5 Å². The van der Waals surface area contributed by atoms with Gasteiger partial charge in [0.2, 0.25) is 0 Å². The van der Waals surface area contributed by atoms with Crippen molar-refractivity contribution in [2.45, 2.75) is 17.1 Å². The first kappa shape index (κ1) is 17.7. The third-order valence-corrected chi connectivity index (χ3v) is 5.41. The number of alkyl halides is 3. The van der Waals surface area contributed by atoms with Crippen molar-refractivity contribution < 1.29 is 13.2 Å². The molecule has 2 heterocycles. The molecule has 0 saturated carbocycles. The first-order valence-electron chi connectivity index (χ1n) is 8.18. The average Bonchev–Trinajstić information content (AvgIpc) is 3.23. The van der Waals surface area contributed by atoms with Crippen molar-refractivity contribution in [3.05, 3.63) is 65.9 Å². The number of H-pyrrole nitrogens is 1. The first-order chi connectivity index (χ1) is 12.9. The monoisotopic (exact) mass is 388 g/mol. The fraction of sp³-hybridized carbons (Fsp3) is 0.158. The molecule has 0 unspecified atom stereocenters. The number of aromatic amines is 1. The van der Waals surface area contributed by atoms with Gasteiger partial charge in [0.05, 0.1) is 5.56 Å². The molecular weight excluding hydrogens is 373 g/mol. The molecule has 0 aliphatic heterocycles. The number of rotatable bonds is 4. The molecule has 1 N–H and O–H groups in total. The van der Waals surface area contributed by atoms with Crippen LogP contribution in [0.5, 0.6) is 0 Å². The van der Waals surface area contributed by atoms with Crippen molar-refractivity contribution in [1.29, 1.82) is 0 Å². The summed E-state index contributed by atoms with van der Waals surface area (Å²) in [5.74, 6) is 1.25. The van der Waals surface area contributed by atoms with Crippen LogP contribution in [0.1, 0.15) is 11.1 Å². The molecule has 0 saturated heterocycles. The molecule has 0 spiro atoms. The third-order valence-electron chi connectivity index (χ3n) is 4.31. The summed E-state index contributed by atoms with van der Waals surface area (Å²) in [5.41, 5.74) is 2.14. The molecule has 138 valence electrons. The van der Waals surface area contributed by atoms with E-state index < -0.39 is 11.7 Å². The van der Waals surface area contributed by atoms with E-state index in [0.29, 0.717) is 10.9 Å². The minimum atomic E-state index is -4.32. The van der Waals surface area contributed by atoms with Crippen LogP contribution in [0.4, 0.5) is 13.2 Å². The Morgan fingerprint density at radius 3 is 2.52 bits per heavy atom. The maximum Gasteiger partial charge on any atom is 0.416 e. The molecule has 4 aromatic rings. The van der Waals surface area contributed by atoms with Gasteiger partial charge >= 0.3 is 6.18 Å². The molecule has 0 amide bonds. The van der Waals surface area contributed by atoms with Crippen LogP contribution in [0.25, 0.3) is 22.3 Å². The second kappa shape index (κ2) is 6.77. The van der Waals surface area contributed by atoms with E-state index in [1.54, 1.807) is 0 Å². The van der Waals surface area contributed by atoms with Crippen LogP contribution in [0.2, 0.25) is 0 Å². The Balaban J connectivity index is 1.53. The molecule has 4 rings (SSSR count). The van der Waals surface area contributed by atoms with Crippen molar-refractivity contribution in [3.8, 4) is 11.4 Å². The summed E-state index contributed by atoms with van der Waals surface area (Å²) in [6.45, 7) is 0. The quantitative estimate of drug-likeness (QED) is 0.484. The number of para-hydroxylation sites is 1. The maximum absolute atomic E-state index is 12.6. The molecule has 8 heteroatoms. The van der Waals surface area contributed by atoms with Crippen molar-refractivity contribution in [3.63, 3.8) is 0 Å². The number of halogens is 3. The van der Waals surface area contributed by atoms with Crippen molar-refractivity contribution in [2.24, 2.45) is 7.05 Å². The molecule has 0 bridgehead atoms. The van der Waals surface area contributed by atoms with Crippen LogP contribution in [0.15, 0.2) is 59.9 Å². The average molecular weight is 388 g/mol. The number of benzene rings is 2. The lowest BCUT2D eigenvalue weighted by Gasteiger charge is -2.07. The summed E-state index contributed by atoms with van der Waals surface area (Å²) in [4.78, 5) is 3.22. The van der Waals surface area contributed by atoms with Gasteiger partial charge < -0.3 is 9.55 Å². The predicted octanol–water partition coefficient (Wildman–Crippen LogP) is 5.27. The van der Waals surface area contributed by atoms with Crippen LogP contribution >= 0.6 is 11.8 Å². The highest BCUT2D eigenvalue weighted by Crippen LogP contribution is 2.32. The summed E-state index contributed by atoms with van der Waals surface area (Å²) in [6.07, 6.45) is -2.41. The number of thioether (sulfide) groups is 1. The van der Waals surface area contributed by atoms with E-state index in [0.717, 1.165) is 40.0 Å². The van der Waals surface area contributed by atoms with Crippen LogP contribution < -0.4 is 0 Å². The van der Waals surface area contributed by atoms with Gasteiger partial charge in [-0.25, -0.2) is 0 Å². The number of nitrogens with one attached hydrogen (secondary N) is 1. The molecule has 2 aromatic heterocycles. The molecule has 0 fully saturated rings. The normalized spacial score (nSPS) is 12.0. The fourth-order valence-corrected chi connectivity index (χ4v) is 3.74. The summed E-state index contributed by atoms with van der Waals surface area (Å²) in [6, 6.07) is 13.1. The van der Waals surface area contributed by atoms with E-state index in [-0.39, 0.29) is 0 Å². The van der Waals surface area contributed by atoms with Gasteiger partial charge in [-0.15, -0.1) is 10.2 Å². The van der Waals surface area contributed by atoms with Crippen molar-refractivity contribution in [1.82, 2.24) is 19.7 Å². The lowest BCUT2D eigenvalue weighted by atomic mass is 10.1. The molecule has 2 aromatic carbocycles. The van der Waals surface area contributed by atoms with E-state index in [2.05, 4.69) is 15.2 Å². The van der Waals surface area contributed by atoms with Gasteiger partial charge in [-0.1, -0.05) is 42.1 Å². The van der Waals surface area contributed by atoms with Gasteiger partial charge in [-0.3, -0.25) is 0 Å². The molecule has 0 radical (unpaired) electrons. The zero-order valence-electron chi connectivity index (χ0n) is 14.3. The topological polar surface area (TPSA) is 46.5 Å². The molecule has 0 aliphatic carbocycles. The lowest BCUT2D eigenvalue weighted by molar-refractivity contribution is -0.137. The van der Waals surface area contributed by atoms with E-state index in [9.17, 15) is 13.2 Å². The number of nitrogens with zero attached hydrogens (tertiary/aromatic N) is 3. The first-order valence-corrected chi connectivity index (χ1v) is 9.17. The summed E-state index contributed by atoms with van der Waals surface area (Å²) < 4.78 is 39.8. The number of fused-ring (bicyclic) bond motifs is 1. The van der Waals surface area contributed by atoms with Gasteiger partial charge in [-0.05, 0) is 23.8 Å². The zero-order valence-corrected chi connectivity index (χ0v) is 15.1. The minimum Gasteiger partial charge on any atom is -0.360 e. The smallest absolute Gasteiger partial charge is 0.360 e. The molecular formula is C19H15F3N4S. The minimum absolute atomic E-state index is 0.512. The highest BCUT2D eigenvalue weighted by atomic mass is 32.2. The van der Waals surface area contributed by atoms with Crippen molar-refractivity contribution in [2.75, 3.05) is 0 Å². The highest BCUT2D eigenvalue weighted by Gasteiger charge is 2.29. The Morgan fingerprint density at radius 2 is 1.78 bits per heavy atom. The standard InChI is InChI=1S/C19H15F3N4S/c1-26-17(15-10-23-16-5-3-2-4-14(15)16)24-25-18(26)27-11-12-6-8-13(9-7-12)19(20,21)22/h2-10,23H,11H2,1H3. The lowest BCUT2D eigenvalue weighted by Crippen LogP contribution is -2.04. The third kappa shape index (κ3) is 3.44. The molecule has 0 atom stereocenters. The van der Waals surface area contributed by atoms with Gasteiger partial charge in [-0.2, -0.15) is 13.2 Å². The van der Waals surface area contributed by atoms with Gasteiger partial charge in [0.1, 0.15) is 0 Å². The second-order valence-corrected chi connectivity index (χ2v) is 7.04. The molecule has 0 aliphatic rings. The molecule has 4 nitrogen and oxygen atoms in total. The van der Waals surface area contributed by atoms with Crippen LogP contribution in [0.3, 0.4) is 0 Å². The van der Waals surface area contributed by atoms with Crippen molar-refractivity contribution >= 4 is 22.7 Å². The van der Waals surface area contributed by atoms with Crippen LogP contribution in [0, 0.1) is 0 Å². The molecule has 27 heavy (non-hydrogen) atoms. The van der Waals surface area contributed by atoms with Crippen LogP contribution in [-0.4, -0.2) is 19.7 Å². The summed E-state index contributed by atoms with van der Waals surface area (Å²) in [5, 5.41) is 10.3. The van der Waals surface area contributed by atoms with E-state index >= 15 is 0 Å². The number of hydrogen-bond donors (Lipinski definition) is 1. The SMILES string of the molecule is Cn1c(SCc2ccc(C(F)(F)F)cc2)nnc1-c1c[nH]c2ccccc12. The Kier molecular flexibility index (Phi) is 4.43. The van der Waals surface area contributed by atoms with Gasteiger partial charge in [0.15, 0.2) is 11.0 Å². The number of aromatic nitrogens is 4. The Hall–Kier alpha value is -2.74. The zero-order chi connectivity index (χ0) is 19.0. The number of hydrogen-bond acceptors (Lipinski definition) is 3.